The second kappa shape index (κ2) is 46.9. The van der Waals surface area contributed by atoms with Crippen LogP contribution in [0, 0.1) is 0 Å². The molecule has 27 nitrogen and oxygen atoms in total. The lowest BCUT2D eigenvalue weighted by Gasteiger charge is -2.53. The number of esters is 4. The summed E-state index contributed by atoms with van der Waals surface area (Å²) >= 11 is 0. The molecule has 0 bridgehead atoms. The maximum atomic E-state index is 15.9. The van der Waals surface area contributed by atoms with Crippen molar-refractivity contribution in [3.05, 3.63) is 334 Å². The van der Waals surface area contributed by atoms with Gasteiger partial charge in [0.15, 0.2) is 43.5 Å². The molecule has 5 aliphatic heterocycles. The van der Waals surface area contributed by atoms with Crippen LogP contribution in [0.5, 0.6) is 0 Å². The molecule has 0 N–H and O–H groups in total. The van der Waals surface area contributed by atoms with E-state index in [2.05, 4.69) is 0 Å². The van der Waals surface area contributed by atoms with Gasteiger partial charge >= 0.3 is 23.9 Å². The third-order valence-electron chi connectivity index (χ3n) is 22.4. The lowest BCUT2D eigenvalue weighted by atomic mass is 9.92. The van der Waals surface area contributed by atoms with Crippen molar-refractivity contribution >= 4 is 35.7 Å². The Balaban J connectivity index is 0.963. The van der Waals surface area contributed by atoms with Crippen molar-refractivity contribution in [3.8, 4) is 0 Å². The predicted molar refractivity (Wildman–Crippen MR) is 461 cm³/mol. The quantitative estimate of drug-likeness (QED) is 0.0195. The molecule has 4 saturated heterocycles. The summed E-state index contributed by atoms with van der Waals surface area (Å²) < 4.78 is 141. The average molecular weight is 1750 g/mol. The van der Waals surface area contributed by atoms with E-state index >= 15 is 9.59 Å². The second-order valence-corrected chi connectivity index (χ2v) is 31.8. The van der Waals surface area contributed by atoms with Crippen LogP contribution < -0.4 is 0 Å². The molecule has 9 aromatic rings. The molecule has 0 unspecified atom stereocenters. The van der Waals surface area contributed by atoms with Gasteiger partial charge in [0.25, 0.3) is 11.8 Å². The molecule has 5 aliphatic rings. The molecule has 0 spiro atoms. The smallest absolute Gasteiger partial charge is 0.303 e. The van der Waals surface area contributed by atoms with Crippen LogP contribution in [-0.2, 0) is 183 Å². The molecule has 9 aromatic carbocycles. The number of imide groups is 1. The Morgan fingerprint density at radius 3 is 0.891 bits per heavy atom. The minimum Gasteiger partial charge on any atom is -0.463 e. The van der Waals surface area contributed by atoms with E-state index < -0.39 is 172 Å². The van der Waals surface area contributed by atoms with Gasteiger partial charge in [0.05, 0.1) is 79.3 Å². The van der Waals surface area contributed by atoms with Crippen molar-refractivity contribution in [2.24, 2.45) is 0 Å². The maximum Gasteiger partial charge on any atom is 0.303 e. The van der Waals surface area contributed by atoms with E-state index in [0.29, 0.717) is 11.1 Å². The van der Waals surface area contributed by atoms with Crippen molar-refractivity contribution in [3.63, 3.8) is 0 Å². The van der Waals surface area contributed by atoms with Gasteiger partial charge in [0.1, 0.15) is 85.9 Å². The summed E-state index contributed by atoms with van der Waals surface area (Å²) in [6.45, 7) is 6.02. The first-order valence-electron chi connectivity index (χ1n) is 43.0. The van der Waals surface area contributed by atoms with E-state index in [4.69, 9.17) is 94.7 Å². The number of hydrogen-bond acceptors (Lipinski definition) is 26. The summed E-state index contributed by atoms with van der Waals surface area (Å²) in [5, 5.41) is 0. The minimum absolute atomic E-state index is 0.0282. The largest absolute Gasteiger partial charge is 0.463 e. The molecule has 27 heteroatoms. The van der Waals surface area contributed by atoms with E-state index in [1.807, 2.05) is 273 Å². The highest BCUT2D eigenvalue weighted by Crippen LogP contribution is 2.43. The van der Waals surface area contributed by atoms with Gasteiger partial charge in [0.2, 0.25) is 0 Å². The van der Waals surface area contributed by atoms with Crippen molar-refractivity contribution in [2.75, 3.05) is 26.4 Å². The Kier molecular flexibility index (Phi) is 34.2. The summed E-state index contributed by atoms with van der Waals surface area (Å²) in [5.74, 6) is -5.01. The standard InChI is InChI=1S/C101H109NO26/c1-65-66(2)97(108)102(96(65)107)84-89(114-56-75-42-24-11-25-43-75)86(126-101-95(121-70(6)106)92(120-69(5)105)88(119-68(4)104)83(125-101)64-112-67(3)103)81(62-110-53-72-36-18-8-19-37-72)122-98(84)128-91-85(113-55-74-40-22-10-23-41-74)80(61-109-52-71-34-16-7-17-35-71)124-100(94(91)117-59-78-48-30-14-31-49-78)127-87-82(63-111-54-73-38-20-9-21-39-73)123-99(118-60-79-50-32-15-33-51-79)93(116-58-77-46-28-13-29-47-77)90(87)115-57-76-44-26-12-27-45-76/h7-51,80-95,98-101H,52-64H2,1-6H3/t80-,81-,82-,83-,84-,85+,86-,87-,88+,89-,90+,91+,92+,93-,94-,95-,98+,99-,100+,101+/m1/s1. The lowest BCUT2D eigenvalue weighted by Crippen LogP contribution is -2.71. The van der Waals surface area contributed by atoms with Crippen LogP contribution in [0.1, 0.15) is 91.6 Å². The molecule has 128 heavy (non-hydrogen) atoms. The highest BCUT2D eigenvalue weighted by atomic mass is 16.8. The van der Waals surface area contributed by atoms with Crippen LogP contribution in [0.25, 0.3) is 0 Å². The van der Waals surface area contributed by atoms with E-state index in [1.54, 1.807) is 0 Å². The minimum atomic E-state index is -1.92. The van der Waals surface area contributed by atoms with Crippen molar-refractivity contribution in [1.29, 1.82) is 0 Å². The maximum absolute atomic E-state index is 15.9. The van der Waals surface area contributed by atoms with E-state index in [9.17, 15) is 19.2 Å². The number of carbonyl (C=O) groups is 6. The number of hydrogen-bond donors (Lipinski definition) is 0. The molecule has 5 heterocycles. The molecular formula is C101H109NO26. The second-order valence-electron chi connectivity index (χ2n) is 31.8. The summed E-state index contributed by atoms with van der Waals surface area (Å²) in [4.78, 5) is 86.1. The topological polar surface area (TPSA) is 290 Å². The summed E-state index contributed by atoms with van der Waals surface area (Å²) in [5.41, 5.74) is 7.15. The first-order chi connectivity index (χ1) is 62.4. The number of amides is 2. The summed E-state index contributed by atoms with van der Waals surface area (Å²) in [7, 11) is 0. The van der Waals surface area contributed by atoms with Crippen LogP contribution in [0.15, 0.2) is 284 Å². The molecule has 0 radical (unpaired) electrons. The zero-order chi connectivity index (χ0) is 89.1. The Hall–Kier alpha value is -10.9. The molecule has 0 aromatic heterocycles. The number of carbonyl (C=O) groups excluding carboxylic acids is 6. The molecule has 4 fully saturated rings. The Morgan fingerprint density at radius 1 is 0.258 bits per heavy atom. The molecule has 14 rings (SSSR count). The van der Waals surface area contributed by atoms with Crippen LogP contribution in [0.4, 0.5) is 0 Å². The number of rotatable bonds is 42. The number of ether oxygens (including phenoxy) is 20. The zero-order valence-corrected chi connectivity index (χ0v) is 72.3. The van der Waals surface area contributed by atoms with E-state index in [-0.39, 0.29) is 83.8 Å². The van der Waals surface area contributed by atoms with Gasteiger partial charge in [-0.25, -0.2) is 0 Å². The predicted octanol–water partition coefficient (Wildman–Crippen LogP) is 13.3. The van der Waals surface area contributed by atoms with E-state index in [0.717, 1.165) is 71.5 Å². The van der Waals surface area contributed by atoms with Crippen LogP contribution in [0.3, 0.4) is 0 Å². The first-order valence-corrected chi connectivity index (χ1v) is 43.0. The Labute approximate surface area is 744 Å². The monoisotopic (exact) mass is 1750 g/mol. The van der Waals surface area contributed by atoms with Gasteiger partial charge < -0.3 is 94.7 Å². The van der Waals surface area contributed by atoms with E-state index in [1.165, 1.54) is 13.8 Å². The van der Waals surface area contributed by atoms with Crippen LogP contribution >= 0.6 is 0 Å². The summed E-state index contributed by atoms with van der Waals surface area (Å²) in [6.07, 6.45) is -28.3. The van der Waals surface area contributed by atoms with Crippen molar-refractivity contribution in [1.82, 2.24) is 4.90 Å². The molecular weight excluding hydrogens is 1640 g/mol. The van der Waals surface area contributed by atoms with Gasteiger partial charge in [-0.1, -0.05) is 273 Å². The van der Waals surface area contributed by atoms with Gasteiger partial charge in [0, 0.05) is 38.8 Å². The fourth-order valence-corrected chi connectivity index (χ4v) is 16.1. The number of nitrogens with zero attached hydrogens (tertiary/aromatic N) is 1. The molecule has 2 amide bonds. The van der Waals surface area contributed by atoms with Crippen molar-refractivity contribution in [2.45, 2.75) is 224 Å². The van der Waals surface area contributed by atoms with Gasteiger partial charge in [-0.05, 0) is 63.9 Å². The molecule has 0 saturated carbocycles. The number of benzene rings is 9. The Bertz CT molecular complexity index is 4950. The highest BCUT2D eigenvalue weighted by Gasteiger charge is 2.62. The lowest BCUT2D eigenvalue weighted by molar-refractivity contribution is -0.396. The van der Waals surface area contributed by atoms with Crippen LogP contribution in [0.2, 0.25) is 0 Å². The van der Waals surface area contributed by atoms with Crippen molar-refractivity contribution < 1.29 is 124 Å². The molecule has 0 aliphatic carbocycles. The third-order valence-corrected chi connectivity index (χ3v) is 22.4. The van der Waals surface area contributed by atoms with Crippen LogP contribution in [-0.4, -0.2) is 190 Å². The normalized spacial score (nSPS) is 26.5. The zero-order valence-electron chi connectivity index (χ0n) is 72.3. The van der Waals surface area contributed by atoms with Gasteiger partial charge in [-0.3, -0.25) is 33.7 Å². The third kappa shape index (κ3) is 25.6. The fraction of sp³-hybridized carbons (Fsp3) is 0.386. The SMILES string of the molecule is CC(=O)OC[C@H]1O[C@@H](O[C@H]2[C@H](OCc3ccccc3)[C@@H](N3C(=O)C(C)=C(C)C3=O)[C@H](O[C@H]3[C@@H](OCc4ccccc4)[C@@H](COCc4ccccc4)O[C@@H](O[C@H]4[C@H](OCc5ccccc5)[C@@H](OCc5ccccc5)[C@H](OCc5ccccc5)O[C@@H]4COCc4ccccc4)[C@@H]3OCc3ccccc3)O[C@@H]2COCc2ccccc2)[C@H](OC(C)=O)[C@@H](OC(C)=O)[C@H]1OC(C)=O. The highest BCUT2D eigenvalue weighted by molar-refractivity contribution is 6.19. The molecule has 674 valence electrons. The Morgan fingerprint density at radius 2 is 0.523 bits per heavy atom. The fourth-order valence-electron chi connectivity index (χ4n) is 16.1. The first kappa shape index (κ1) is 93.3. The summed E-state index contributed by atoms with van der Waals surface area (Å²) in [6, 6.07) is 83.9. The van der Waals surface area contributed by atoms with Gasteiger partial charge in [-0.15, -0.1) is 0 Å². The van der Waals surface area contributed by atoms with Gasteiger partial charge in [-0.2, -0.15) is 0 Å². The average Bonchev–Trinajstić information content (AvgIpc) is 1.46. The molecule has 20 atom stereocenters.